The molecular weight excluding hydrogens is 408 g/mol. The van der Waals surface area contributed by atoms with Gasteiger partial charge in [0.1, 0.15) is 5.75 Å². The molecule has 2 N–H and O–H groups in total. The Bertz CT molecular complexity index is 1010. The van der Waals surface area contributed by atoms with E-state index in [4.69, 9.17) is 9.47 Å². The number of hydrogen-bond donors (Lipinski definition) is 2. The number of nitrogens with one attached hydrogen (secondary N) is 2. The van der Waals surface area contributed by atoms with E-state index in [1.54, 1.807) is 12.1 Å². The third-order valence-corrected chi connectivity index (χ3v) is 6.30. The number of carbonyl (C=O) groups excluding carboxylic acids is 2. The van der Waals surface area contributed by atoms with Gasteiger partial charge in [-0.3, -0.25) is 14.3 Å². The Morgan fingerprint density at radius 1 is 1.03 bits per heavy atom. The van der Waals surface area contributed by atoms with Crippen LogP contribution in [0.2, 0.25) is 0 Å². The Hall–Kier alpha value is -3.07. The quantitative estimate of drug-likeness (QED) is 0.589. The van der Waals surface area contributed by atoms with Crippen LogP contribution in [0.5, 0.6) is 5.75 Å². The maximum atomic E-state index is 12.5. The fourth-order valence-corrected chi connectivity index (χ4v) is 4.02. The highest BCUT2D eigenvalue weighted by Crippen LogP contribution is 2.46. The highest BCUT2D eigenvalue weighted by atomic mass is 32.2. The summed E-state index contributed by atoms with van der Waals surface area (Å²) < 4.78 is 37.6. The summed E-state index contributed by atoms with van der Waals surface area (Å²) in [5, 5.41) is 2.74. The normalized spacial score (nSPS) is 14.5. The number of anilines is 1. The maximum absolute atomic E-state index is 12.5. The average Bonchev–Trinajstić information content (AvgIpc) is 3.53. The van der Waals surface area contributed by atoms with Gasteiger partial charge >= 0.3 is 5.97 Å². The smallest absolute Gasteiger partial charge is 0.313 e. The number of amides is 1. The van der Waals surface area contributed by atoms with Gasteiger partial charge < -0.3 is 14.8 Å². The van der Waals surface area contributed by atoms with Crippen molar-refractivity contribution in [3.05, 3.63) is 54.1 Å². The van der Waals surface area contributed by atoms with Gasteiger partial charge in [-0.1, -0.05) is 0 Å². The predicted octanol–water partition coefficient (Wildman–Crippen LogP) is 2.57. The van der Waals surface area contributed by atoms with Gasteiger partial charge in [0.25, 0.3) is 15.9 Å². The van der Waals surface area contributed by atoms with E-state index in [1.165, 1.54) is 43.5 Å². The number of ether oxygens (including phenoxy) is 2. The van der Waals surface area contributed by atoms with E-state index < -0.39 is 15.4 Å². The molecule has 0 aromatic heterocycles. The summed E-state index contributed by atoms with van der Waals surface area (Å²) in [7, 11) is -2.44. The number of rotatable bonds is 9. The Kier molecular flexibility index (Phi) is 6.31. The van der Waals surface area contributed by atoms with Crippen LogP contribution in [-0.4, -0.2) is 40.6 Å². The van der Waals surface area contributed by atoms with Gasteiger partial charge in [-0.2, -0.15) is 0 Å². The van der Waals surface area contributed by atoms with Crippen molar-refractivity contribution in [2.24, 2.45) is 5.41 Å². The lowest BCUT2D eigenvalue weighted by molar-refractivity contribution is -0.146. The Morgan fingerprint density at radius 3 is 2.20 bits per heavy atom. The standard InChI is InChI=1S/C21H24N2O6S/c1-3-29-17-8-10-18(11-9-17)30(26,27)23-16-6-4-15(5-7-16)19(24)22-14-21(12-13-21)20(25)28-2/h4-11,23H,3,12-14H2,1-2H3,(H,22,24). The molecule has 0 spiro atoms. The molecule has 2 aromatic carbocycles. The number of esters is 1. The molecule has 0 heterocycles. The third-order valence-electron chi connectivity index (χ3n) is 4.90. The molecule has 1 amide bonds. The zero-order valence-electron chi connectivity index (χ0n) is 16.8. The number of carbonyl (C=O) groups is 2. The largest absolute Gasteiger partial charge is 0.494 e. The first-order chi connectivity index (χ1) is 14.3. The minimum atomic E-state index is -3.77. The first-order valence-electron chi connectivity index (χ1n) is 9.52. The Balaban J connectivity index is 1.61. The molecule has 1 fully saturated rings. The summed E-state index contributed by atoms with van der Waals surface area (Å²) in [5.41, 5.74) is 0.0749. The summed E-state index contributed by atoms with van der Waals surface area (Å²) in [5.74, 6) is -0.0695. The molecule has 1 aliphatic carbocycles. The van der Waals surface area contributed by atoms with Crippen molar-refractivity contribution in [2.75, 3.05) is 25.0 Å². The van der Waals surface area contributed by atoms with E-state index in [0.717, 1.165) is 0 Å². The van der Waals surface area contributed by atoms with Gasteiger partial charge in [0.05, 0.1) is 24.0 Å². The summed E-state index contributed by atoms with van der Waals surface area (Å²) in [6.45, 7) is 2.55. The highest BCUT2D eigenvalue weighted by molar-refractivity contribution is 7.92. The second-order valence-electron chi connectivity index (χ2n) is 7.04. The molecule has 0 bridgehead atoms. The van der Waals surface area contributed by atoms with Crippen LogP contribution < -0.4 is 14.8 Å². The van der Waals surface area contributed by atoms with Gasteiger partial charge in [-0.25, -0.2) is 8.42 Å². The van der Waals surface area contributed by atoms with E-state index in [-0.39, 0.29) is 23.3 Å². The van der Waals surface area contributed by atoms with Gasteiger partial charge in [0.15, 0.2) is 0 Å². The molecule has 0 atom stereocenters. The van der Waals surface area contributed by atoms with E-state index in [2.05, 4.69) is 10.0 Å². The molecule has 0 unspecified atom stereocenters. The van der Waals surface area contributed by atoms with Crippen LogP contribution in [0.4, 0.5) is 5.69 Å². The van der Waals surface area contributed by atoms with Crippen molar-refractivity contribution in [3.63, 3.8) is 0 Å². The summed E-state index contributed by atoms with van der Waals surface area (Å²) in [4.78, 5) is 24.2. The number of hydrogen-bond acceptors (Lipinski definition) is 6. The molecule has 30 heavy (non-hydrogen) atoms. The van der Waals surface area contributed by atoms with Crippen LogP contribution in [0.1, 0.15) is 30.1 Å². The van der Waals surface area contributed by atoms with Gasteiger partial charge in [0.2, 0.25) is 0 Å². The first-order valence-corrected chi connectivity index (χ1v) is 11.0. The molecule has 0 saturated heterocycles. The topological polar surface area (TPSA) is 111 Å². The zero-order valence-corrected chi connectivity index (χ0v) is 17.6. The summed E-state index contributed by atoms with van der Waals surface area (Å²) >= 11 is 0. The van der Waals surface area contributed by atoms with Crippen LogP contribution >= 0.6 is 0 Å². The van der Waals surface area contributed by atoms with Crippen molar-refractivity contribution in [3.8, 4) is 5.75 Å². The van der Waals surface area contributed by atoms with Gasteiger partial charge in [-0.15, -0.1) is 0 Å². The van der Waals surface area contributed by atoms with Gasteiger partial charge in [-0.05, 0) is 68.3 Å². The minimum absolute atomic E-state index is 0.102. The summed E-state index contributed by atoms with van der Waals surface area (Å²) in [6.07, 6.45) is 1.37. The molecule has 0 aliphatic heterocycles. The lowest BCUT2D eigenvalue weighted by atomic mass is 10.1. The third kappa shape index (κ3) is 4.91. The lowest BCUT2D eigenvalue weighted by Gasteiger charge is -2.14. The van der Waals surface area contributed by atoms with Crippen LogP contribution in [0.25, 0.3) is 0 Å². The average molecular weight is 432 g/mol. The van der Waals surface area contributed by atoms with Gasteiger partial charge in [0, 0.05) is 17.8 Å². The minimum Gasteiger partial charge on any atom is -0.494 e. The highest BCUT2D eigenvalue weighted by Gasteiger charge is 2.51. The monoisotopic (exact) mass is 432 g/mol. The van der Waals surface area contributed by atoms with E-state index in [9.17, 15) is 18.0 Å². The lowest BCUT2D eigenvalue weighted by Crippen LogP contribution is -2.34. The van der Waals surface area contributed by atoms with Crippen LogP contribution in [-0.2, 0) is 19.6 Å². The molecular formula is C21H24N2O6S. The SMILES string of the molecule is CCOc1ccc(S(=O)(=O)Nc2ccc(C(=O)NCC3(C(=O)OC)CC3)cc2)cc1. The molecule has 3 rings (SSSR count). The van der Waals surface area contributed by atoms with Crippen LogP contribution in [0.3, 0.4) is 0 Å². The second kappa shape index (κ2) is 8.74. The maximum Gasteiger partial charge on any atom is 0.313 e. The number of benzene rings is 2. The van der Waals surface area contributed by atoms with E-state index in [0.29, 0.717) is 36.4 Å². The fourth-order valence-electron chi connectivity index (χ4n) is 2.96. The molecule has 0 radical (unpaired) electrons. The van der Waals surface area contributed by atoms with Crippen molar-refractivity contribution in [1.29, 1.82) is 0 Å². The first kappa shape index (κ1) is 21.6. The van der Waals surface area contributed by atoms with Crippen molar-refractivity contribution in [1.82, 2.24) is 5.32 Å². The van der Waals surface area contributed by atoms with Crippen molar-refractivity contribution >= 4 is 27.6 Å². The Morgan fingerprint density at radius 2 is 1.67 bits per heavy atom. The summed E-state index contributed by atoms with van der Waals surface area (Å²) in [6, 6.07) is 12.2. The zero-order chi connectivity index (χ0) is 21.8. The number of sulfonamides is 1. The van der Waals surface area contributed by atoms with Crippen LogP contribution in [0, 0.1) is 5.41 Å². The van der Waals surface area contributed by atoms with E-state index >= 15 is 0 Å². The fraction of sp³-hybridized carbons (Fsp3) is 0.333. The molecule has 160 valence electrons. The molecule has 1 aliphatic rings. The molecule has 8 nitrogen and oxygen atoms in total. The molecule has 9 heteroatoms. The molecule has 1 saturated carbocycles. The number of methoxy groups -OCH3 is 1. The predicted molar refractivity (Wildman–Crippen MR) is 111 cm³/mol. The Labute approximate surface area is 175 Å². The molecule has 2 aromatic rings. The van der Waals surface area contributed by atoms with Crippen molar-refractivity contribution in [2.45, 2.75) is 24.7 Å². The van der Waals surface area contributed by atoms with Crippen molar-refractivity contribution < 1.29 is 27.5 Å². The van der Waals surface area contributed by atoms with Crippen LogP contribution in [0.15, 0.2) is 53.4 Å². The van der Waals surface area contributed by atoms with E-state index in [1.807, 2.05) is 6.92 Å². The second-order valence-corrected chi connectivity index (χ2v) is 8.72.